The van der Waals surface area contributed by atoms with Crippen LogP contribution in [-0.4, -0.2) is 29.1 Å². The zero-order chi connectivity index (χ0) is 14.5. The van der Waals surface area contributed by atoms with Crippen molar-refractivity contribution in [1.82, 2.24) is 14.9 Å². The summed E-state index contributed by atoms with van der Waals surface area (Å²) >= 11 is 5.94. The molecule has 0 aliphatic rings. The third kappa shape index (κ3) is 3.04. The number of benzene rings is 1. The van der Waals surface area contributed by atoms with Gasteiger partial charge in [-0.25, -0.2) is 4.98 Å². The van der Waals surface area contributed by atoms with Crippen LogP contribution in [0.1, 0.15) is 19.2 Å². The predicted octanol–water partition coefficient (Wildman–Crippen LogP) is 2.31. The van der Waals surface area contributed by atoms with Crippen LogP contribution in [0.5, 0.6) is 5.75 Å². The van der Waals surface area contributed by atoms with Crippen molar-refractivity contribution in [3.05, 3.63) is 24.0 Å². The lowest BCUT2D eigenvalue weighted by Crippen LogP contribution is -2.24. The molecule has 1 heterocycles. The number of ether oxygens (including phenoxy) is 1. The maximum absolute atomic E-state index is 11.6. The Morgan fingerprint density at radius 1 is 1.50 bits per heavy atom. The highest BCUT2D eigenvalue weighted by atomic mass is 35.5. The van der Waals surface area contributed by atoms with Crippen LogP contribution in [0.15, 0.2) is 18.2 Å². The lowest BCUT2D eigenvalue weighted by molar-refractivity contribution is -0.121. The van der Waals surface area contributed by atoms with Crippen LogP contribution >= 0.6 is 11.6 Å². The lowest BCUT2D eigenvalue weighted by atomic mass is 10.3. The average Bonchev–Trinajstić information content (AvgIpc) is 2.82. The summed E-state index contributed by atoms with van der Waals surface area (Å²) in [4.78, 5) is 16.1. The van der Waals surface area contributed by atoms with Crippen molar-refractivity contribution in [3.8, 4) is 5.75 Å². The van der Waals surface area contributed by atoms with E-state index in [9.17, 15) is 4.79 Å². The molecule has 0 aliphatic heterocycles. The van der Waals surface area contributed by atoms with E-state index in [1.54, 1.807) is 7.11 Å². The second-order valence-electron chi connectivity index (χ2n) is 4.37. The molecular weight excluding hydrogens is 278 g/mol. The van der Waals surface area contributed by atoms with Gasteiger partial charge < -0.3 is 14.6 Å². The molecule has 0 aliphatic carbocycles. The number of rotatable bonds is 6. The first-order chi connectivity index (χ1) is 9.69. The fraction of sp³-hybridized carbons (Fsp3) is 0.429. The standard InChI is InChI=1S/C14H18ClN3O2/c1-3-16-14(19)6-7-18-12-5-4-10(20-2)8-11(12)17-13(18)9-15/h4-5,8H,3,6-7,9H2,1-2H3,(H,16,19). The van der Waals surface area contributed by atoms with Crippen LogP contribution in [-0.2, 0) is 17.2 Å². The molecule has 0 saturated heterocycles. The Hall–Kier alpha value is -1.75. The molecule has 1 N–H and O–H groups in total. The van der Waals surface area contributed by atoms with Gasteiger partial charge in [0, 0.05) is 25.6 Å². The Morgan fingerprint density at radius 3 is 2.95 bits per heavy atom. The summed E-state index contributed by atoms with van der Waals surface area (Å²) < 4.78 is 7.17. The molecule has 0 bridgehead atoms. The molecule has 108 valence electrons. The highest BCUT2D eigenvalue weighted by molar-refractivity contribution is 6.16. The Kier molecular flexibility index (Phi) is 4.84. The van der Waals surface area contributed by atoms with E-state index in [4.69, 9.17) is 16.3 Å². The van der Waals surface area contributed by atoms with Crippen molar-refractivity contribution in [1.29, 1.82) is 0 Å². The van der Waals surface area contributed by atoms with E-state index in [0.29, 0.717) is 25.4 Å². The van der Waals surface area contributed by atoms with Crippen molar-refractivity contribution < 1.29 is 9.53 Å². The molecule has 0 saturated carbocycles. The fourth-order valence-electron chi connectivity index (χ4n) is 2.14. The number of nitrogens with zero attached hydrogens (tertiary/aromatic N) is 2. The number of hydrogen-bond acceptors (Lipinski definition) is 3. The summed E-state index contributed by atoms with van der Waals surface area (Å²) in [5.74, 6) is 1.86. The van der Waals surface area contributed by atoms with Crippen molar-refractivity contribution in [2.24, 2.45) is 0 Å². The van der Waals surface area contributed by atoms with Crippen molar-refractivity contribution >= 4 is 28.5 Å². The fourth-order valence-corrected chi connectivity index (χ4v) is 2.34. The number of amides is 1. The van der Waals surface area contributed by atoms with Gasteiger partial charge in [0.2, 0.25) is 5.91 Å². The largest absolute Gasteiger partial charge is 0.497 e. The number of halogens is 1. The smallest absolute Gasteiger partial charge is 0.221 e. The zero-order valence-electron chi connectivity index (χ0n) is 11.6. The molecule has 2 aromatic rings. The van der Waals surface area contributed by atoms with Crippen LogP contribution in [0.4, 0.5) is 0 Å². The number of nitrogens with one attached hydrogen (secondary N) is 1. The van der Waals surface area contributed by atoms with Gasteiger partial charge in [0.15, 0.2) is 0 Å². The highest BCUT2D eigenvalue weighted by Crippen LogP contribution is 2.22. The van der Waals surface area contributed by atoms with Gasteiger partial charge in [0.05, 0.1) is 24.0 Å². The van der Waals surface area contributed by atoms with E-state index in [-0.39, 0.29) is 5.91 Å². The summed E-state index contributed by atoms with van der Waals surface area (Å²) in [6, 6.07) is 5.69. The van der Waals surface area contributed by atoms with Crippen molar-refractivity contribution in [2.45, 2.75) is 25.8 Å². The van der Waals surface area contributed by atoms with Crippen molar-refractivity contribution in [3.63, 3.8) is 0 Å². The van der Waals surface area contributed by atoms with Gasteiger partial charge in [-0.1, -0.05) is 0 Å². The molecule has 2 rings (SSSR count). The molecule has 0 unspecified atom stereocenters. The first-order valence-electron chi connectivity index (χ1n) is 6.55. The van der Waals surface area contributed by atoms with Gasteiger partial charge in [-0.3, -0.25) is 4.79 Å². The topological polar surface area (TPSA) is 56.2 Å². The van der Waals surface area contributed by atoms with E-state index >= 15 is 0 Å². The van der Waals surface area contributed by atoms with Crippen LogP contribution < -0.4 is 10.1 Å². The van der Waals surface area contributed by atoms with Crippen LogP contribution in [0.3, 0.4) is 0 Å². The number of aromatic nitrogens is 2. The normalized spacial score (nSPS) is 10.8. The maximum Gasteiger partial charge on any atom is 0.221 e. The van der Waals surface area contributed by atoms with Gasteiger partial charge in [0.25, 0.3) is 0 Å². The van der Waals surface area contributed by atoms with Gasteiger partial charge in [-0.05, 0) is 19.1 Å². The van der Waals surface area contributed by atoms with Crippen LogP contribution in [0.25, 0.3) is 11.0 Å². The number of hydrogen-bond donors (Lipinski definition) is 1. The molecule has 1 aromatic carbocycles. The van der Waals surface area contributed by atoms with Gasteiger partial charge in [-0.15, -0.1) is 11.6 Å². The molecule has 5 nitrogen and oxygen atoms in total. The zero-order valence-corrected chi connectivity index (χ0v) is 12.4. The number of carbonyl (C=O) groups is 1. The SMILES string of the molecule is CCNC(=O)CCn1c(CCl)nc2cc(OC)ccc21. The number of fused-ring (bicyclic) bond motifs is 1. The molecular formula is C14H18ClN3O2. The summed E-state index contributed by atoms with van der Waals surface area (Å²) in [5, 5.41) is 2.79. The van der Waals surface area contributed by atoms with Crippen LogP contribution in [0.2, 0.25) is 0 Å². The second kappa shape index (κ2) is 6.61. The van der Waals surface area contributed by atoms with Gasteiger partial charge in [0.1, 0.15) is 11.6 Å². The lowest BCUT2D eigenvalue weighted by Gasteiger charge is -2.08. The summed E-state index contributed by atoms with van der Waals surface area (Å²) in [5.41, 5.74) is 1.79. The summed E-state index contributed by atoms with van der Waals surface area (Å²) in [6.07, 6.45) is 0.412. The predicted molar refractivity (Wildman–Crippen MR) is 79.1 cm³/mol. The Bertz CT molecular complexity index is 610. The number of imidazole rings is 1. The molecule has 1 aromatic heterocycles. The Morgan fingerprint density at radius 2 is 2.30 bits per heavy atom. The quantitative estimate of drug-likeness (QED) is 0.832. The Labute approximate surface area is 122 Å². The van der Waals surface area contributed by atoms with Crippen LogP contribution in [0, 0.1) is 0 Å². The molecule has 0 atom stereocenters. The molecule has 1 amide bonds. The first kappa shape index (κ1) is 14.7. The van der Waals surface area contributed by atoms with Gasteiger partial charge in [-0.2, -0.15) is 0 Å². The van der Waals surface area contributed by atoms with E-state index in [0.717, 1.165) is 22.6 Å². The molecule has 20 heavy (non-hydrogen) atoms. The molecule has 6 heteroatoms. The second-order valence-corrected chi connectivity index (χ2v) is 4.64. The number of aryl methyl sites for hydroxylation is 1. The highest BCUT2D eigenvalue weighted by Gasteiger charge is 2.12. The summed E-state index contributed by atoms with van der Waals surface area (Å²) in [7, 11) is 1.62. The third-order valence-electron chi connectivity index (χ3n) is 3.09. The first-order valence-corrected chi connectivity index (χ1v) is 7.08. The monoisotopic (exact) mass is 295 g/mol. The molecule has 0 radical (unpaired) electrons. The number of methoxy groups -OCH3 is 1. The Balaban J connectivity index is 2.28. The average molecular weight is 296 g/mol. The number of alkyl halides is 1. The minimum absolute atomic E-state index is 0.0309. The maximum atomic E-state index is 11.6. The third-order valence-corrected chi connectivity index (χ3v) is 3.33. The minimum atomic E-state index is 0.0309. The minimum Gasteiger partial charge on any atom is -0.497 e. The van der Waals surface area contributed by atoms with E-state index in [1.807, 2.05) is 29.7 Å². The van der Waals surface area contributed by atoms with Crippen molar-refractivity contribution in [2.75, 3.05) is 13.7 Å². The molecule has 0 fully saturated rings. The van der Waals surface area contributed by atoms with Gasteiger partial charge >= 0.3 is 0 Å². The number of carbonyl (C=O) groups excluding carboxylic acids is 1. The summed E-state index contributed by atoms with van der Waals surface area (Å²) in [6.45, 7) is 3.11. The van der Waals surface area contributed by atoms with E-state index in [1.165, 1.54) is 0 Å². The van der Waals surface area contributed by atoms with E-state index < -0.39 is 0 Å². The molecule has 0 spiro atoms. The van der Waals surface area contributed by atoms with E-state index in [2.05, 4.69) is 10.3 Å².